The minimum atomic E-state index is -0.837. The van der Waals surface area contributed by atoms with Crippen molar-refractivity contribution in [2.75, 3.05) is 4.90 Å². The van der Waals surface area contributed by atoms with Gasteiger partial charge in [-0.1, -0.05) is 79.3 Å². The van der Waals surface area contributed by atoms with Gasteiger partial charge in [0.2, 0.25) is 5.13 Å². The monoisotopic (exact) mass is 539 g/mol. The number of nitrogens with zero attached hydrogens (tertiary/aromatic N) is 3. The zero-order valence-corrected chi connectivity index (χ0v) is 23.0. The number of aliphatic hydroxyl groups is 1. The van der Waals surface area contributed by atoms with Crippen LogP contribution in [-0.4, -0.2) is 27.0 Å². The lowest BCUT2D eigenvalue weighted by Gasteiger charge is -2.23. The molecule has 3 aromatic carbocycles. The molecule has 0 spiro atoms. The summed E-state index contributed by atoms with van der Waals surface area (Å²) in [5, 5.41) is 20.5. The van der Waals surface area contributed by atoms with Gasteiger partial charge in [-0.2, -0.15) is 0 Å². The maximum Gasteiger partial charge on any atom is 0.301 e. The summed E-state index contributed by atoms with van der Waals surface area (Å²) in [5.74, 6) is -0.816. The van der Waals surface area contributed by atoms with Crippen LogP contribution in [0.4, 0.5) is 5.13 Å². The van der Waals surface area contributed by atoms with E-state index in [2.05, 4.69) is 30.1 Å². The quantitative estimate of drug-likeness (QED) is 0.164. The first-order valence-corrected chi connectivity index (χ1v) is 13.5. The topological polar surface area (TPSA) is 92.6 Å². The Morgan fingerprint density at radius 1 is 1.00 bits per heavy atom. The normalized spacial score (nSPS) is 16.7. The molecule has 1 aliphatic heterocycles. The molecule has 5 rings (SSSR count). The molecule has 0 radical (unpaired) electrons. The first-order chi connectivity index (χ1) is 18.7. The predicted octanol–water partition coefficient (Wildman–Crippen LogP) is 6.48. The molecule has 1 aromatic heterocycles. The van der Waals surface area contributed by atoms with Crippen molar-refractivity contribution < 1.29 is 19.4 Å². The number of amides is 1. The van der Waals surface area contributed by atoms with Crippen LogP contribution in [0, 0.1) is 13.8 Å². The largest absolute Gasteiger partial charge is 0.507 e. The average molecular weight is 540 g/mol. The Bertz CT molecular complexity index is 1560. The van der Waals surface area contributed by atoms with Gasteiger partial charge in [0, 0.05) is 5.56 Å². The average Bonchev–Trinajstić information content (AvgIpc) is 3.47. The summed E-state index contributed by atoms with van der Waals surface area (Å²) in [4.78, 5) is 27.9. The number of aliphatic hydroxyl groups excluding tert-OH is 1. The number of benzene rings is 3. The molecule has 0 aliphatic carbocycles. The van der Waals surface area contributed by atoms with Crippen LogP contribution in [0.1, 0.15) is 58.6 Å². The van der Waals surface area contributed by atoms with Crippen LogP contribution in [0.15, 0.2) is 78.4 Å². The van der Waals surface area contributed by atoms with Crippen LogP contribution in [0.3, 0.4) is 0 Å². The zero-order chi connectivity index (χ0) is 27.7. The van der Waals surface area contributed by atoms with Crippen molar-refractivity contribution in [3.8, 4) is 5.75 Å². The highest BCUT2D eigenvalue weighted by Gasteiger charge is 2.48. The van der Waals surface area contributed by atoms with E-state index in [1.807, 2.05) is 49.4 Å². The highest BCUT2D eigenvalue weighted by molar-refractivity contribution is 7.15. The molecule has 0 saturated carbocycles. The van der Waals surface area contributed by atoms with Crippen LogP contribution < -0.4 is 9.64 Å². The lowest BCUT2D eigenvalue weighted by Crippen LogP contribution is -2.29. The van der Waals surface area contributed by atoms with Crippen molar-refractivity contribution in [2.24, 2.45) is 0 Å². The van der Waals surface area contributed by atoms with Gasteiger partial charge < -0.3 is 9.84 Å². The molecular formula is C31H29N3O4S. The summed E-state index contributed by atoms with van der Waals surface area (Å²) in [6, 6.07) is 21.8. The fraction of sp³-hybridized carbons (Fsp3) is 0.226. The molecule has 8 heteroatoms. The number of carbonyl (C=O) groups excluding carboxylic acids is 2. The highest BCUT2D eigenvalue weighted by atomic mass is 32.1. The van der Waals surface area contributed by atoms with Gasteiger partial charge in [0.25, 0.3) is 5.78 Å². The van der Waals surface area contributed by atoms with E-state index >= 15 is 0 Å². The number of hydrogen-bond acceptors (Lipinski definition) is 7. The standard InChI is InChI=1S/C31H29N3O4S/c1-18(2)22-8-10-23(11-9-22)27-26(29(36)30(37)34(27)31-33-32-20(4)39-31)28(35)24-12-14-25(15-13-24)38-17-21-7-5-6-19(3)16-21/h5-16,18,27,35H,17H2,1-4H3/b28-26+/t27-/m1/s1. The van der Waals surface area contributed by atoms with Gasteiger partial charge in [0.15, 0.2) is 0 Å². The molecule has 1 amide bonds. The summed E-state index contributed by atoms with van der Waals surface area (Å²) < 4.78 is 5.90. The molecule has 4 aromatic rings. The first-order valence-electron chi connectivity index (χ1n) is 12.7. The number of Topliss-reactive ketones (excluding diaryl/α,β-unsaturated/α-hetero) is 1. The highest BCUT2D eigenvalue weighted by Crippen LogP contribution is 2.43. The summed E-state index contributed by atoms with van der Waals surface area (Å²) >= 11 is 1.22. The summed E-state index contributed by atoms with van der Waals surface area (Å²) in [6.45, 7) is 8.42. The Labute approximate surface area is 231 Å². The Balaban J connectivity index is 1.50. The molecule has 39 heavy (non-hydrogen) atoms. The predicted molar refractivity (Wildman–Crippen MR) is 152 cm³/mol. The maximum absolute atomic E-state index is 13.3. The molecule has 198 valence electrons. The second-order valence-electron chi connectivity index (χ2n) is 9.90. The van der Waals surface area contributed by atoms with Crippen molar-refractivity contribution >= 4 is 33.9 Å². The fourth-order valence-corrected chi connectivity index (χ4v) is 5.34. The van der Waals surface area contributed by atoms with Crippen molar-refractivity contribution in [1.82, 2.24) is 10.2 Å². The van der Waals surface area contributed by atoms with E-state index in [1.165, 1.54) is 16.2 Å². The first kappa shape index (κ1) is 26.3. The van der Waals surface area contributed by atoms with Crippen molar-refractivity contribution in [3.05, 3.63) is 111 Å². The van der Waals surface area contributed by atoms with E-state index in [9.17, 15) is 14.7 Å². The Kier molecular flexibility index (Phi) is 7.30. The second-order valence-corrected chi connectivity index (χ2v) is 11.1. The van der Waals surface area contributed by atoms with E-state index < -0.39 is 17.7 Å². The smallest absolute Gasteiger partial charge is 0.301 e. The number of ether oxygens (including phenoxy) is 1. The minimum absolute atomic E-state index is 0.0126. The van der Waals surface area contributed by atoms with Gasteiger partial charge in [-0.3, -0.25) is 14.5 Å². The van der Waals surface area contributed by atoms with Crippen LogP contribution in [-0.2, 0) is 16.2 Å². The summed E-state index contributed by atoms with van der Waals surface area (Å²) in [7, 11) is 0. The van der Waals surface area contributed by atoms with Gasteiger partial charge in [0.1, 0.15) is 23.1 Å². The lowest BCUT2D eigenvalue weighted by atomic mass is 9.93. The van der Waals surface area contributed by atoms with Gasteiger partial charge >= 0.3 is 5.91 Å². The van der Waals surface area contributed by atoms with Crippen LogP contribution in [0.25, 0.3) is 5.76 Å². The fourth-order valence-electron chi connectivity index (χ4n) is 4.63. The Morgan fingerprint density at radius 3 is 2.33 bits per heavy atom. The van der Waals surface area contributed by atoms with Crippen molar-refractivity contribution in [1.29, 1.82) is 0 Å². The van der Waals surface area contributed by atoms with Gasteiger partial charge in [0.05, 0.1) is 11.6 Å². The number of ketones is 1. The molecule has 1 saturated heterocycles. The third kappa shape index (κ3) is 5.33. The van der Waals surface area contributed by atoms with E-state index in [4.69, 9.17) is 4.74 Å². The van der Waals surface area contributed by atoms with Crippen LogP contribution in [0.5, 0.6) is 5.75 Å². The molecule has 7 nitrogen and oxygen atoms in total. The number of aromatic nitrogens is 2. The second kappa shape index (κ2) is 10.8. The Morgan fingerprint density at radius 2 is 1.72 bits per heavy atom. The Hall–Kier alpha value is -4.30. The molecule has 1 aliphatic rings. The van der Waals surface area contributed by atoms with E-state index in [0.717, 1.165) is 16.7 Å². The van der Waals surface area contributed by atoms with Gasteiger partial charge in [-0.05, 0) is 60.7 Å². The molecule has 1 fully saturated rings. The van der Waals surface area contributed by atoms with Crippen molar-refractivity contribution in [3.63, 3.8) is 0 Å². The molecule has 0 unspecified atom stereocenters. The van der Waals surface area contributed by atoms with Crippen LogP contribution >= 0.6 is 11.3 Å². The van der Waals surface area contributed by atoms with E-state index in [1.54, 1.807) is 31.2 Å². The SMILES string of the molecule is Cc1cccc(COc2ccc(/C(O)=C3\C(=O)C(=O)N(c4nnc(C)s4)[C@@H]3c3ccc(C(C)C)cc3)cc2)c1. The molecule has 1 N–H and O–H groups in total. The number of rotatable bonds is 7. The number of hydrogen-bond donors (Lipinski definition) is 1. The summed E-state index contributed by atoms with van der Waals surface area (Å²) in [6.07, 6.45) is 0. The van der Waals surface area contributed by atoms with Gasteiger partial charge in [-0.15, -0.1) is 10.2 Å². The van der Waals surface area contributed by atoms with Gasteiger partial charge in [-0.25, -0.2) is 0 Å². The van der Waals surface area contributed by atoms with Crippen molar-refractivity contribution in [2.45, 2.75) is 46.3 Å². The number of aryl methyl sites for hydroxylation is 2. The number of anilines is 1. The van der Waals surface area contributed by atoms with E-state index in [0.29, 0.717) is 39.5 Å². The molecular weight excluding hydrogens is 510 g/mol. The lowest BCUT2D eigenvalue weighted by molar-refractivity contribution is -0.132. The molecule has 0 bridgehead atoms. The minimum Gasteiger partial charge on any atom is -0.507 e. The molecule has 1 atom stereocenters. The maximum atomic E-state index is 13.3. The zero-order valence-electron chi connectivity index (χ0n) is 22.2. The summed E-state index contributed by atoms with van der Waals surface area (Å²) in [5.41, 5.74) is 4.46. The van der Waals surface area contributed by atoms with E-state index in [-0.39, 0.29) is 11.3 Å². The number of carbonyl (C=O) groups is 2. The third-order valence-corrected chi connectivity index (χ3v) is 7.54. The molecule has 2 heterocycles. The van der Waals surface area contributed by atoms with Crippen LogP contribution in [0.2, 0.25) is 0 Å². The third-order valence-electron chi connectivity index (χ3n) is 6.70.